The molecule has 30 heavy (non-hydrogen) atoms. The summed E-state index contributed by atoms with van der Waals surface area (Å²) in [7, 11) is 0. The van der Waals surface area contributed by atoms with E-state index in [0.717, 1.165) is 66.4 Å². The van der Waals surface area contributed by atoms with E-state index in [0.29, 0.717) is 0 Å². The van der Waals surface area contributed by atoms with E-state index < -0.39 is 0 Å². The quantitative estimate of drug-likeness (QED) is 0.346. The molecule has 0 aliphatic heterocycles. The molecule has 2 aromatic carbocycles. The Kier molecular flexibility index (Phi) is 3.56. The highest BCUT2D eigenvalue weighted by molar-refractivity contribution is 6.12. The smallest absolute Gasteiger partial charge is 0.136 e. The van der Waals surface area contributed by atoms with Gasteiger partial charge in [0.25, 0.3) is 0 Å². The van der Waals surface area contributed by atoms with Crippen molar-refractivity contribution >= 4 is 50.0 Å². The summed E-state index contributed by atoms with van der Waals surface area (Å²) in [5.41, 5.74) is 8.81. The number of aryl methyl sites for hydroxylation is 1. The number of pyridine rings is 2. The minimum atomic E-state index is 0.873. The summed E-state index contributed by atoms with van der Waals surface area (Å²) in [6.07, 6.45) is 6.10. The molecule has 4 heterocycles. The summed E-state index contributed by atoms with van der Waals surface area (Å²) in [5, 5.41) is 3.29. The molecule has 0 amide bonds. The van der Waals surface area contributed by atoms with Crippen LogP contribution >= 0.6 is 0 Å². The van der Waals surface area contributed by atoms with Crippen molar-refractivity contribution in [3.8, 4) is 11.3 Å². The molecule has 4 heteroatoms. The van der Waals surface area contributed by atoms with Gasteiger partial charge < -0.3 is 9.40 Å². The van der Waals surface area contributed by atoms with Gasteiger partial charge in [-0.2, -0.15) is 0 Å². The molecule has 0 unspecified atom stereocenters. The summed E-state index contributed by atoms with van der Waals surface area (Å²) < 4.78 is 6.06. The van der Waals surface area contributed by atoms with Crippen LogP contribution in [0.2, 0.25) is 0 Å². The maximum atomic E-state index is 6.06. The number of allylic oxidation sites excluding steroid dienone is 1. The van der Waals surface area contributed by atoms with E-state index in [1.807, 2.05) is 61.7 Å². The normalized spacial score (nSPS) is 12.2. The van der Waals surface area contributed by atoms with Gasteiger partial charge in [-0.25, -0.2) is 4.98 Å². The minimum absolute atomic E-state index is 0.873. The second kappa shape index (κ2) is 6.29. The third-order valence-corrected chi connectivity index (χ3v) is 5.73. The van der Waals surface area contributed by atoms with Gasteiger partial charge in [-0.15, -0.1) is 0 Å². The number of nitrogens with one attached hydrogen (secondary N) is 1. The van der Waals surface area contributed by atoms with Crippen LogP contribution in [0.3, 0.4) is 0 Å². The van der Waals surface area contributed by atoms with Crippen LogP contribution in [0, 0.1) is 6.92 Å². The third kappa shape index (κ3) is 2.34. The van der Waals surface area contributed by atoms with Crippen molar-refractivity contribution < 1.29 is 4.42 Å². The Morgan fingerprint density at radius 3 is 2.70 bits per heavy atom. The molecule has 0 atom stereocenters. The first kappa shape index (κ1) is 17.0. The highest BCUT2D eigenvalue weighted by Gasteiger charge is 2.15. The van der Waals surface area contributed by atoms with Gasteiger partial charge in [0.05, 0.1) is 16.7 Å². The van der Waals surface area contributed by atoms with Gasteiger partial charge in [-0.1, -0.05) is 42.5 Å². The lowest BCUT2D eigenvalue weighted by Crippen LogP contribution is -1.89. The Labute approximate surface area is 172 Å². The maximum Gasteiger partial charge on any atom is 0.136 e. The lowest BCUT2D eigenvalue weighted by Gasteiger charge is -2.06. The molecule has 0 saturated heterocycles. The van der Waals surface area contributed by atoms with E-state index in [4.69, 9.17) is 9.40 Å². The number of fused-ring (bicyclic) bond motifs is 6. The molecule has 0 radical (unpaired) electrons. The molecule has 0 fully saturated rings. The summed E-state index contributed by atoms with van der Waals surface area (Å²) >= 11 is 0. The fourth-order valence-corrected chi connectivity index (χ4v) is 4.37. The Balaban J connectivity index is 1.68. The van der Waals surface area contributed by atoms with Gasteiger partial charge in [0.2, 0.25) is 0 Å². The zero-order chi connectivity index (χ0) is 20.2. The molecule has 0 bridgehead atoms. The molecule has 1 N–H and O–H groups in total. The van der Waals surface area contributed by atoms with Crippen LogP contribution in [0.5, 0.6) is 0 Å². The first-order valence-corrected chi connectivity index (χ1v) is 10.1. The Bertz CT molecular complexity index is 1620. The topological polar surface area (TPSA) is 54.7 Å². The average Bonchev–Trinajstić information content (AvgIpc) is 3.31. The number of aromatic amines is 1. The largest absolute Gasteiger partial charge is 0.456 e. The van der Waals surface area contributed by atoms with E-state index in [2.05, 4.69) is 35.1 Å². The van der Waals surface area contributed by atoms with Crippen LogP contribution in [0.4, 0.5) is 0 Å². The second-order valence-corrected chi connectivity index (χ2v) is 7.55. The van der Waals surface area contributed by atoms with Crippen molar-refractivity contribution in [2.75, 3.05) is 0 Å². The highest BCUT2D eigenvalue weighted by Crippen LogP contribution is 2.37. The second-order valence-electron chi connectivity index (χ2n) is 7.55. The van der Waals surface area contributed by atoms with Crippen LogP contribution < -0.4 is 0 Å². The number of hydrogen-bond acceptors (Lipinski definition) is 3. The molecule has 0 saturated carbocycles. The van der Waals surface area contributed by atoms with E-state index in [-0.39, 0.29) is 0 Å². The van der Waals surface area contributed by atoms with Gasteiger partial charge >= 0.3 is 0 Å². The van der Waals surface area contributed by atoms with E-state index >= 15 is 0 Å². The van der Waals surface area contributed by atoms with Crippen LogP contribution in [-0.2, 0) is 0 Å². The van der Waals surface area contributed by atoms with Crippen LogP contribution in [0.15, 0.2) is 71.3 Å². The number of para-hydroxylation sites is 1. The first-order chi connectivity index (χ1) is 14.7. The monoisotopic (exact) mass is 389 g/mol. The van der Waals surface area contributed by atoms with Gasteiger partial charge in [-0.05, 0) is 38.1 Å². The summed E-state index contributed by atoms with van der Waals surface area (Å²) in [5.74, 6) is 0. The molecule has 144 valence electrons. The number of hydrogen-bond donors (Lipinski definition) is 1. The number of nitrogens with zero attached hydrogens (tertiary/aromatic N) is 2. The number of rotatable bonds is 2. The number of benzene rings is 2. The van der Waals surface area contributed by atoms with Gasteiger partial charge in [0.15, 0.2) is 0 Å². The molecular formula is C26H19N3O. The summed E-state index contributed by atoms with van der Waals surface area (Å²) in [4.78, 5) is 13.3. The molecule has 6 aromatic rings. The van der Waals surface area contributed by atoms with Gasteiger partial charge in [0.1, 0.15) is 16.7 Å². The Morgan fingerprint density at radius 2 is 1.80 bits per heavy atom. The van der Waals surface area contributed by atoms with Crippen molar-refractivity contribution in [2.24, 2.45) is 0 Å². The molecule has 0 spiro atoms. The summed E-state index contributed by atoms with van der Waals surface area (Å²) in [6, 6.07) is 18.4. The zero-order valence-electron chi connectivity index (χ0n) is 16.7. The van der Waals surface area contributed by atoms with Crippen LogP contribution in [0.25, 0.3) is 61.2 Å². The van der Waals surface area contributed by atoms with Crippen molar-refractivity contribution in [2.45, 2.75) is 13.8 Å². The first-order valence-electron chi connectivity index (χ1n) is 10.1. The lowest BCUT2D eigenvalue weighted by molar-refractivity contribution is 0.669. The van der Waals surface area contributed by atoms with E-state index in [9.17, 15) is 0 Å². The SMILES string of the molecule is C/C=C\c1c(C)[nH]c2c1cnc1ccc(-c3cccc4oc5ccccc5c34)nc12. The number of H-pyrrole nitrogens is 1. The third-order valence-electron chi connectivity index (χ3n) is 5.73. The standard InChI is InChI=1S/C26H19N3O/c1-3-7-16-15(2)28-25-19(16)14-27-21-13-12-20(29-26(21)25)17-9-6-11-23-24(17)18-8-4-5-10-22(18)30-23/h3-14,28H,1-2H3/b7-3-. The predicted octanol–water partition coefficient (Wildman–Crippen LogP) is 7.02. The highest BCUT2D eigenvalue weighted by atomic mass is 16.3. The Hall–Kier alpha value is -3.92. The van der Waals surface area contributed by atoms with E-state index in [1.165, 1.54) is 0 Å². The molecule has 0 aliphatic rings. The van der Waals surface area contributed by atoms with Crippen LogP contribution in [0.1, 0.15) is 18.2 Å². The zero-order valence-corrected chi connectivity index (χ0v) is 16.7. The van der Waals surface area contributed by atoms with E-state index in [1.54, 1.807) is 0 Å². The molecule has 4 nitrogen and oxygen atoms in total. The van der Waals surface area contributed by atoms with Crippen molar-refractivity contribution in [3.05, 3.63) is 78.1 Å². The van der Waals surface area contributed by atoms with Crippen molar-refractivity contribution in [3.63, 3.8) is 0 Å². The number of furan rings is 1. The number of aromatic nitrogens is 3. The average molecular weight is 389 g/mol. The van der Waals surface area contributed by atoms with Gasteiger partial charge in [-0.3, -0.25) is 4.98 Å². The minimum Gasteiger partial charge on any atom is -0.456 e. The molecule has 6 rings (SSSR count). The Morgan fingerprint density at radius 1 is 0.933 bits per heavy atom. The lowest BCUT2D eigenvalue weighted by atomic mass is 10.0. The van der Waals surface area contributed by atoms with Gasteiger partial charge in [0, 0.05) is 39.2 Å². The molecule has 0 aliphatic carbocycles. The summed E-state index contributed by atoms with van der Waals surface area (Å²) in [6.45, 7) is 4.11. The fourth-order valence-electron chi connectivity index (χ4n) is 4.37. The molecular weight excluding hydrogens is 370 g/mol. The van der Waals surface area contributed by atoms with Crippen LogP contribution in [-0.4, -0.2) is 15.0 Å². The maximum absolute atomic E-state index is 6.06. The fraction of sp³-hybridized carbons (Fsp3) is 0.0769. The van der Waals surface area contributed by atoms with Crippen molar-refractivity contribution in [1.82, 2.24) is 15.0 Å². The predicted molar refractivity (Wildman–Crippen MR) is 124 cm³/mol. The van der Waals surface area contributed by atoms with Crippen molar-refractivity contribution in [1.29, 1.82) is 0 Å². The molecule has 4 aromatic heterocycles.